The molecule has 0 saturated heterocycles. The summed E-state index contributed by atoms with van der Waals surface area (Å²) in [6, 6.07) is 0. The van der Waals surface area contributed by atoms with Crippen molar-refractivity contribution in [1.29, 1.82) is 0 Å². The Labute approximate surface area is 219 Å². The van der Waals surface area contributed by atoms with E-state index in [9.17, 15) is 19.5 Å². The molecule has 3 rings (SSSR count). The van der Waals surface area contributed by atoms with Crippen molar-refractivity contribution >= 4 is 12.4 Å². The third-order valence-electron chi connectivity index (χ3n) is 9.31. The molecule has 0 aliphatic heterocycles. The Morgan fingerprint density at radius 3 is 2.54 bits per heavy atom. The van der Waals surface area contributed by atoms with Gasteiger partial charge < -0.3 is 23.7 Å². The highest BCUT2D eigenvalue weighted by molar-refractivity contribution is 5.90. The van der Waals surface area contributed by atoms with Gasteiger partial charge in [0.05, 0.1) is 25.9 Å². The Balaban J connectivity index is 2.03. The summed E-state index contributed by atoms with van der Waals surface area (Å²) in [5, 5.41) is 11.3. The SMILES string of the molecule is C=C1CC[C@H]2[C@@](C)(CCC(C)(C)OC=O)[C@@H](O)CC[C@@]2(C)[C@H]1Cc1c(OC)oc(C)c(C(=O)OC)c1=O. The van der Waals surface area contributed by atoms with Crippen LogP contribution >= 0.6 is 0 Å². The highest BCUT2D eigenvalue weighted by atomic mass is 16.6. The number of fused-ring (bicyclic) bond motifs is 1. The first-order valence-corrected chi connectivity index (χ1v) is 13.0. The van der Waals surface area contributed by atoms with Gasteiger partial charge in [-0.3, -0.25) is 9.59 Å². The molecule has 2 aliphatic carbocycles. The third-order valence-corrected chi connectivity index (χ3v) is 9.31. The standard InChI is InChI=1S/C29H42O8/c1-17-9-10-21-28(5,12-11-22(31)29(21,6)14-13-27(3,4)36-16-30)20(17)15-19-24(32)23(25(33)34-7)18(2)37-26(19)35-8/h16,20-22,31H,1,9-15H2,2-8H3/t20-,21+,22-,28-,29+/m0/s1. The quantitative estimate of drug-likeness (QED) is 0.283. The van der Waals surface area contributed by atoms with E-state index < -0.39 is 28.5 Å². The van der Waals surface area contributed by atoms with Crippen LogP contribution < -0.4 is 10.2 Å². The van der Waals surface area contributed by atoms with Gasteiger partial charge in [0.2, 0.25) is 5.43 Å². The molecule has 8 nitrogen and oxygen atoms in total. The number of aliphatic hydroxyl groups excluding tert-OH is 1. The molecule has 2 fully saturated rings. The molecule has 2 aliphatic rings. The molecule has 1 aromatic heterocycles. The van der Waals surface area contributed by atoms with E-state index >= 15 is 0 Å². The fraction of sp³-hybridized carbons (Fsp3) is 0.690. The van der Waals surface area contributed by atoms with Crippen molar-refractivity contribution < 1.29 is 33.3 Å². The lowest BCUT2D eigenvalue weighted by Crippen LogP contribution is -2.56. The van der Waals surface area contributed by atoms with Gasteiger partial charge in [-0.25, -0.2) is 4.79 Å². The summed E-state index contributed by atoms with van der Waals surface area (Å²) in [4.78, 5) is 36.9. The number of aliphatic hydroxyl groups is 1. The van der Waals surface area contributed by atoms with Crippen LogP contribution in [0.25, 0.3) is 0 Å². The van der Waals surface area contributed by atoms with Crippen LogP contribution in [0.15, 0.2) is 21.4 Å². The summed E-state index contributed by atoms with van der Waals surface area (Å²) in [5.41, 5.74) is -0.519. The van der Waals surface area contributed by atoms with E-state index in [1.54, 1.807) is 6.92 Å². The van der Waals surface area contributed by atoms with Gasteiger partial charge in [-0.1, -0.05) is 26.0 Å². The smallest absolute Gasteiger partial charge is 0.345 e. The monoisotopic (exact) mass is 518 g/mol. The fourth-order valence-corrected chi connectivity index (χ4v) is 7.00. The van der Waals surface area contributed by atoms with Crippen LogP contribution in [0.2, 0.25) is 0 Å². The zero-order chi connectivity index (χ0) is 27.8. The molecule has 1 aromatic rings. The summed E-state index contributed by atoms with van der Waals surface area (Å²) >= 11 is 0. The van der Waals surface area contributed by atoms with Gasteiger partial charge >= 0.3 is 5.97 Å². The Morgan fingerprint density at radius 1 is 1.27 bits per heavy atom. The molecule has 0 unspecified atom stereocenters. The molecule has 1 N–H and O–H groups in total. The molecular formula is C29H42O8. The Kier molecular flexibility index (Phi) is 8.32. The van der Waals surface area contributed by atoms with E-state index in [0.717, 1.165) is 24.8 Å². The molecule has 0 radical (unpaired) electrons. The van der Waals surface area contributed by atoms with Gasteiger partial charge in [-0.2, -0.15) is 0 Å². The van der Waals surface area contributed by atoms with Crippen LogP contribution in [0, 0.1) is 29.6 Å². The van der Waals surface area contributed by atoms with Crippen LogP contribution in [0.4, 0.5) is 0 Å². The Bertz CT molecular complexity index is 1100. The van der Waals surface area contributed by atoms with Crippen molar-refractivity contribution in [2.75, 3.05) is 14.2 Å². The maximum Gasteiger partial charge on any atom is 0.345 e. The van der Waals surface area contributed by atoms with Crippen molar-refractivity contribution in [3.8, 4) is 5.95 Å². The van der Waals surface area contributed by atoms with Gasteiger partial charge in [0.25, 0.3) is 12.4 Å². The number of carbonyl (C=O) groups excluding carboxylic acids is 2. The van der Waals surface area contributed by atoms with Gasteiger partial charge in [0.1, 0.15) is 16.9 Å². The lowest BCUT2D eigenvalue weighted by atomic mass is 9.45. The van der Waals surface area contributed by atoms with Gasteiger partial charge in [-0.05, 0) is 88.4 Å². The second-order valence-electron chi connectivity index (χ2n) is 11.9. The van der Waals surface area contributed by atoms with Crippen molar-refractivity contribution in [1.82, 2.24) is 0 Å². The minimum atomic E-state index is -0.741. The fourth-order valence-electron chi connectivity index (χ4n) is 7.00. The number of hydrogen-bond donors (Lipinski definition) is 1. The number of hydrogen-bond acceptors (Lipinski definition) is 8. The summed E-state index contributed by atoms with van der Waals surface area (Å²) in [7, 11) is 2.67. The van der Waals surface area contributed by atoms with Gasteiger partial charge in [0, 0.05) is 0 Å². The topological polar surface area (TPSA) is 112 Å². The number of allylic oxidation sites excluding steroid dienone is 1. The molecule has 0 bridgehead atoms. The second-order valence-corrected chi connectivity index (χ2v) is 11.9. The predicted octanol–water partition coefficient (Wildman–Crippen LogP) is 4.77. The normalized spacial score (nSPS) is 29.8. The van der Waals surface area contributed by atoms with E-state index in [1.807, 2.05) is 13.8 Å². The first-order chi connectivity index (χ1) is 17.3. The van der Waals surface area contributed by atoms with Crippen molar-refractivity contribution in [2.24, 2.45) is 22.7 Å². The zero-order valence-electron chi connectivity index (χ0n) is 23.3. The molecule has 0 amide bonds. The maximum absolute atomic E-state index is 13.5. The summed E-state index contributed by atoms with van der Waals surface area (Å²) in [6.45, 7) is 14.5. The summed E-state index contributed by atoms with van der Waals surface area (Å²) < 4.78 is 21.3. The number of aryl methyl sites for hydroxylation is 1. The number of esters is 1. The van der Waals surface area contributed by atoms with Crippen LogP contribution in [0.5, 0.6) is 5.95 Å². The minimum absolute atomic E-state index is 0.0812. The first kappa shape index (κ1) is 29.0. The number of rotatable bonds is 9. The average molecular weight is 519 g/mol. The predicted molar refractivity (Wildman–Crippen MR) is 139 cm³/mol. The largest absolute Gasteiger partial charge is 0.468 e. The second kappa shape index (κ2) is 10.6. The maximum atomic E-state index is 13.5. The molecular weight excluding hydrogens is 476 g/mol. The van der Waals surface area contributed by atoms with E-state index in [-0.39, 0.29) is 34.5 Å². The molecule has 2 saturated carbocycles. The molecule has 1 heterocycles. The lowest BCUT2D eigenvalue weighted by Gasteiger charge is -2.60. The summed E-state index contributed by atoms with van der Waals surface area (Å²) in [5.74, 6) is -0.426. The van der Waals surface area contributed by atoms with Crippen molar-refractivity contribution in [3.63, 3.8) is 0 Å². The van der Waals surface area contributed by atoms with Gasteiger partial charge in [-0.15, -0.1) is 0 Å². The molecule has 206 valence electrons. The van der Waals surface area contributed by atoms with Crippen LogP contribution in [0.3, 0.4) is 0 Å². The van der Waals surface area contributed by atoms with E-state index in [2.05, 4.69) is 20.4 Å². The van der Waals surface area contributed by atoms with Crippen molar-refractivity contribution in [2.45, 2.75) is 91.3 Å². The van der Waals surface area contributed by atoms with E-state index in [4.69, 9.17) is 18.6 Å². The highest BCUT2D eigenvalue weighted by Gasteiger charge is 2.58. The third kappa shape index (κ3) is 5.22. The van der Waals surface area contributed by atoms with Crippen LogP contribution in [0.1, 0.15) is 87.9 Å². The van der Waals surface area contributed by atoms with Crippen LogP contribution in [-0.2, 0) is 20.7 Å². The molecule has 0 spiro atoms. The highest BCUT2D eigenvalue weighted by Crippen LogP contribution is 2.63. The van der Waals surface area contributed by atoms with Crippen molar-refractivity contribution in [3.05, 3.63) is 39.3 Å². The molecule has 8 heteroatoms. The first-order valence-electron chi connectivity index (χ1n) is 13.0. The van der Waals surface area contributed by atoms with E-state index in [0.29, 0.717) is 37.7 Å². The van der Waals surface area contributed by atoms with Crippen LogP contribution in [-0.4, -0.2) is 43.5 Å². The number of carbonyl (C=O) groups is 2. The Morgan fingerprint density at radius 2 is 1.95 bits per heavy atom. The number of methoxy groups -OCH3 is 2. The summed E-state index contributed by atoms with van der Waals surface area (Å²) in [6.07, 6.45) is 4.17. The Hall–Kier alpha value is -2.61. The van der Waals surface area contributed by atoms with Gasteiger partial charge in [0.15, 0.2) is 0 Å². The molecule has 37 heavy (non-hydrogen) atoms. The number of ether oxygens (including phenoxy) is 3. The molecule has 5 atom stereocenters. The zero-order valence-corrected chi connectivity index (χ0v) is 23.3. The minimum Gasteiger partial charge on any atom is -0.468 e. The van der Waals surface area contributed by atoms with E-state index in [1.165, 1.54) is 14.2 Å². The lowest BCUT2D eigenvalue weighted by molar-refractivity contribution is -0.152. The average Bonchev–Trinajstić information content (AvgIpc) is 2.83. The molecule has 0 aromatic carbocycles.